The first-order valence-corrected chi connectivity index (χ1v) is 5.27. The summed E-state index contributed by atoms with van der Waals surface area (Å²) in [5, 5.41) is 9.01. The van der Waals surface area contributed by atoms with Crippen molar-refractivity contribution in [3.8, 4) is 0 Å². The summed E-state index contributed by atoms with van der Waals surface area (Å²) in [5.41, 5.74) is 2.28. The van der Waals surface area contributed by atoms with E-state index in [-0.39, 0.29) is 0 Å². The Hall–Kier alpha value is -1.51. The highest BCUT2D eigenvalue weighted by molar-refractivity contribution is 5.90. The number of hydrogen-bond donors (Lipinski definition) is 1. The second-order valence-corrected chi connectivity index (χ2v) is 4.00. The number of aryl methyl sites for hydroxylation is 1. The Balaban J connectivity index is 2.33. The number of benzene rings is 1. The van der Waals surface area contributed by atoms with Gasteiger partial charge < -0.3 is 10.0 Å². The summed E-state index contributed by atoms with van der Waals surface area (Å²) in [7, 11) is 0. The largest absolute Gasteiger partial charge is 0.478 e. The fourth-order valence-electron chi connectivity index (χ4n) is 2.01. The molecule has 1 aliphatic rings. The molecule has 0 amide bonds. The van der Waals surface area contributed by atoms with Crippen LogP contribution in [0.25, 0.3) is 0 Å². The Bertz CT molecular complexity index is 381. The maximum absolute atomic E-state index is 11.0. The van der Waals surface area contributed by atoms with Crippen molar-refractivity contribution in [3.63, 3.8) is 0 Å². The monoisotopic (exact) mass is 205 g/mol. The molecule has 0 radical (unpaired) electrons. The molecular formula is C12H15NO2. The number of hydrogen-bond acceptors (Lipinski definition) is 2. The van der Waals surface area contributed by atoms with Gasteiger partial charge in [-0.05, 0) is 37.5 Å². The van der Waals surface area contributed by atoms with Crippen LogP contribution in [0.2, 0.25) is 0 Å². The zero-order valence-corrected chi connectivity index (χ0v) is 8.86. The van der Waals surface area contributed by atoms with E-state index in [0.29, 0.717) is 5.56 Å². The van der Waals surface area contributed by atoms with Crippen molar-refractivity contribution >= 4 is 11.7 Å². The predicted octanol–water partition coefficient (Wildman–Crippen LogP) is 2.29. The van der Waals surface area contributed by atoms with Gasteiger partial charge in [0.05, 0.1) is 5.56 Å². The van der Waals surface area contributed by atoms with E-state index in [1.165, 1.54) is 12.8 Å². The number of anilines is 1. The molecule has 3 heteroatoms. The average molecular weight is 205 g/mol. The van der Waals surface area contributed by atoms with Crippen molar-refractivity contribution in [1.82, 2.24) is 0 Å². The Labute approximate surface area is 89.3 Å². The lowest BCUT2D eigenvalue weighted by Gasteiger charge is -2.18. The molecule has 3 nitrogen and oxygen atoms in total. The molecule has 1 fully saturated rings. The normalized spacial score (nSPS) is 15.7. The van der Waals surface area contributed by atoms with Crippen LogP contribution in [0.1, 0.15) is 28.8 Å². The molecule has 1 aliphatic heterocycles. The van der Waals surface area contributed by atoms with Gasteiger partial charge in [0, 0.05) is 18.8 Å². The van der Waals surface area contributed by atoms with Gasteiger partial charge in [-0.25, -0.2) is 4.79 Å². The molecular weight excluding hydrogens is 190 g/mol. The fraction of sp³-hybridized carbons (Fsp3) is 0.417. The SMILES string of the molecule is Cc1ccc(N2CCCC2)cc1C(=O)O. The van der Waals surface area contributed by atoms with E-state index in [2.05, 4.69) is 4.90 Å². The molecule has 0 saturated carbocycles. The maximum atomic E-state index is 11.0. The van der Waals surface area contributed by atoms with Crippen molar-refractivity contribution in [2.75, 3.05) is 18.0 Å². The molecule has 0 aromatic heterocycles. The number of carboxylic acids is 1. The molecule has 80 valence electrons. The first-order chi connectivity index (χ1) is 7.18. The maximum Gasteiger partial charge on any atom is 0.336 e. The van der Waals surface area contributed by atoms with Crippen LogP contribution < -0.4 is 4.90 Å². The van der Waals surface area contributed by atoms with Gasteiger partial charge in [-0.2, -0.15) is 0 Å². The number of carbonyl (C=O) groups is 1. The summed E-state index contributed by atoms with van der Waals surface area (Å²) in [5.74, 6) is -0.839. The third-order valence-corrected chi connectivity index (χ3v) is 2.92. The van der Waals surface area contributed by atoms with Crippen LogP contribution in [-0.2, 0) is 0 Å². The number of aromatic carboxylic acids is 1. The Morgan fingerprint density at radius 2 is 2.00 bits per heavy atom. The minimum absolute atomic E-state index is 0.416. The van der Waals surface area contributed by atoms with Gasteiger partial charge in [0.2, 0.25) is 0 Å². The standard InChI is InChI=1S/C12H15NO2/c1-9-4-5-10(8-11(9)12(14)15)13-6-2-3-7-13/h4-5,8H,2-3,6-7H2,1H3,(H,14,15). The summed E-state index contributed by atoms with van der Waals surface area (Å²) in [6, 6.07) is 5.67. The molecule has 1 saturated heterocycles. The third-order valence-electron chi connectivity index (χ3n) is 2.92. The van der Waals surface area contributed by atoms with E-state index < -0.39 is 5.97 Å². The molecule has 0 atom stereocenters. The van der Waals surface area contributed by atoms with Crippen LogP contribution in [0.3, 0.4) is 0 Å². The second kappa shape index (κ2) is 3.93. The molecule has 2 rings (SSSR count). The van der Waals surface area contributed by atoms with E-state index in [1.54, 1.807) is 6.07 Å². The highest BCUT2D eigenvalue weighted by Gasteiger charge is 2.15. The summed E-state index contributed by atoms with van der Waals surface area (Å²) < 4.78 is 0. The van der Waals surface area contributed by atoms with Gasteiger partial charge in [-0.15, -0.1) is 0 Å². The number of carboxylic acid groups (broad SMARTS) is 1. The lowest BCUT2D eigenvalue weighted by molar-refractivity contribution is 0.0696. The van der Waals surface area contributed by atoms with Crippen LogP contribution in [0.4, 0.5) is 5.69 Å². The van der Waals surface area contributed by atoms with Gasteiger partial charge >= 0.3 is 5.97 Å². The molecule has 1 aromatic rings. The highest BCUT2D eigenvalue weighted by Crippen LogP contribution is 2.23. The zero-order valence-electron chi connectivity index (χ0n) is 8.86. The van der Waals surface area contributed by atoms with Crippen LogP contribution in [-0.4, -0.2) is 24.2 Å². The molecule has 0 bridgehead atoms. The lowest BCUT2D eigenvalue weighted by Crippen LogP contribution is -2.18. The first kappa shape index (κ1) is 10.0. The van der Waals surface area contributed by atoms with Gasteiger partial charge in [-0.1, -0.05) is 6.07 Å². The summed E-state index contributed by atoms with van der Waals surface area (Å²) in [4.78, 5) is 13.2. The van der Waals surface area contributed by atoms with Gasteiger partial charge in [0.1, 0.15) is 0 Å². The molecule has 1 heterocycles. The highest BCUT2D eigenvalue weighted by atomic mass is 16.4. The van der Waals surface area contributed by atoms with Gasteiger partial charge in [0.25, 0.3) is 0 Å². The van der Waals surface area contributed by atoms with E-state index in [4.69, 9.17) is 5.11 Å². The minimum atomic E-state index is -0.839. The van der Waals surface area contributed by atoms with E-state index in [9.17, 15) is 4.79 Å². The Morgan fingerprint density at radius 3 is 2.60 bits per heavy atom. The quantitative estimate of drug-likeness (QED) is 0.805. The van der Waals surface area contributed by atoms with Crippen LogP contribution in [0.15, 0.2) is 18.2 Å². The lowest BCUT2D eigenvalue weighted by atomic mass is 10.1. The van der Waals surface area contributed by atoms with Crippen molar-refractivity contribution in [3.05, 3.63) is 29.3 Å². The first-order valence-electron chi connectivity index (χ1n) is 5.27. The minimum Gasteiger partial charge on any atom is -0.478 e. The molecule has 15 heavy (non-hydrogen) atoms. The van der Waals surface area contributed by atoms with Crippen molar-refractivity contribution in [2.24, 2.45) is 0 Å². The Morgan fingerprint density at radius 1 is 1.33 bits per heavy atom. The Kier molecular flexibility index (Phi) is 2.62. The topological polar surface area (TPSA) is 40.5 Å². The van der Waals surface area contributed by atoms with Crippen LogP contribution in [0.5, 0.6) is 0 Å². The second-order valence-electron chi connectivity index (χ2n) is 4.00. The van der Waals surface area contributed by atoms with E-state index in [1.807, 2.05) is 19.1 Å². The summed E-state index contributed by atoms with van der Waals surface area (Å²) in [6.45, 7) is 3.92. The number of rotatable bonds is 2. The van der Waals surface area contributed by atoms with Crippen molar-refractivity contribution in [1.29, 1.82) is 0 Å². The predicted molar refractivity (Wildman–Crippen MR) is 59.6 cm³/mol. The average Bonchev–Trinajstić information content (AvgIpc) is 2.71. The van der Waals surface area contributed by atoms with Gasteiger partial charge in [-0.3, -0.25) is 0 Å². The van der Waals surface area contributed by atoms with Gasteiger partial charge in [0.15, 0.2) is 0 Å². The zero-order chi connectivity index (χ0) is 10.8. The van der Waals surface area contributed by atoms with E-state index in [0.717, 1.165) is 24.3 Å². The molecule has 0 aliphatic carbocycles. The summed E-state index contributed by atoms with van der Waals surface area (Å²) >= 11 is 0. The molecule has 0 spiro atoms. The smallest absolute Gasteiger partial charge is 0.336 e. The molecule has 1 N–H and O–H groups in total. The fourth-order valence-corrected chi connectivity index (χ4v) is 2.01. The number of nitrogens with zero attached hydrogens (tertiary/aromatic N) is 1. The third kappa shape index (κ3) is 1.96. The molecule has 1 aromatic carbocycles. The van der Waals surface area contributed by atoms with Crippen molar-refractivity contribution < 1.29 is 9.90 Å². The van der Waals surface area contributed by atoms with Crippen LogP contribution >= 0.6 is 0 Å². The van der Waals surface area contributed by atoms with Crippen molar-refractivity contribution in [2.45, 2.75) is 19.8 Å². The van der Waals surface area contributed by atoms with E-state index >= 15 is 0 Å². The van der Waals surface area contributed by atoms with Crippen LogP contribution in [0, 0.1) is 6.92 Å². The molecule has 0 unspecified atom stereocenters. The summed E-state index contributed by atoms with van der Waals surface area (Å²) in [6.07, 6.45) is 2.41.